The number of thioether (sulfide) groups is 1. The number of rotatable bonds is 4. The molecule has 2 saturated heterocycles. The molecule has 0 N–H and O–H groups in total. The fraction of sp³-hybridized carbons (Fsp3) is 0.467. The maximum Gasteiger partial charge on any atom is 0.260 e. The van der Waals surface area contributed by atoms with Crippen molar-refractivity contribution in [3.63, 3.8) is 0 Å². The topological polar surface area (TPSA) is 40.6 Å². The highest BCUT2D eigenvalue weighted by Gasteiger charge is 2.43. The van der Waals surface area contributed by atoms with Crippen molar-refractivity contribution in [3.8, 4) is 0 Å². The predicted molar refractivity (Wildman–Crippen MR) is 144 cm³/mol. The minimum absolute atomic E-state index is 0.0414. The van der Waals surface area contributed by atoms with Crippen molar-refractivity contribution in [1.29, 1.82) is 0 Å². The number of likely N-dealkylation sites (N-methyl/N-ethyl adjacent to an activating group) is 1. The molecule has 2 aromatic carbocycles. The molecule has 0 aromatic heterocycles. The standard InChI is InChI=1S/C30H36N2O2S/c1-21-8-6-7-11-24(21)20-28-30(34)31(2)26-19-25(12-13-27(26)35-28)29(33)32-16-14-23(15-17-32)18-22-9-4-3-5-10-22/h3-11,20,23,25-27H,12-19H2,1-2H3/b28-20-. The van der Waals surface area contributed by atoms with E-state index < -0.39 is 0 Å². The Hall–Kier alpha value is -2.53. The molecule has 3 aliphatic rings. The van der Waals surface area contributed by atoms with Crippen LogP contribution in [0, 0.1) is 18.8 Å². The van der Waals surface area contributed by atoms with Gasteiger partial charge in [0.25, 0.3) is 5.91 Å². The van der Waals surface area contributed by atoms with Crippen LogP contribution in [-0.4, -0.2) is 53.0 Å². The van der Waals surface area contributed by atoms with Gasteiger partial charge in [0.15, 0.2) is 0 Å². The van der Waals surface area contributed by atoms with Crippen LogP contribution >= 0.6 is 11.8 Å². The van der Waals surface area contributed by atoms with Crippen LogP contribution in [0.15, 0.2) is 59.5 Å². The van der Waals surface area contributed by atoms with Gasteiger partial charge < -0.3 is 9.80 Å². The van der Waals surface area contributed by atoms with Crippen LogP contribution in [0.25, 0.3) is 6.08 Å². The number of fused-ring (bicyclic) bond motifs is 1. The van der Waals surface area contributed by atoms with Gasteiger partial charge in [-0.2, -0.15) is 0 Å². The number of hydrogen-bond donors (Lipinski definition) is 0. The summed E-state index contributed by atoms with van der Waals surface area (Å²) in [6, 6.07) is 19.0. The molecule has 0 spiro atoms. The van der Waals surface area contributed by atoms with Crippen LogP contribution in [0.5, 0.6) is 0 Å². The average molecular weight is 489 g/mol. The minimum atomic E-state index is 0.0414. The van der Waals surface area contributed by atoms with Gasteiger partial charge in [-0.05, 0) is 74.1 Å². The smallest absolute Gasteiger partial charge is 0.260 e. The zero-order valence-electron chi connectivity index (χ0n) is 20.9. The normalized spacial score (nSPS) is 26.6. The lowest BCUT2D eigenvalue weighted by atomic mass is 9.82. The van der Waals surface area contributed by atoms with E-state index in [2.05, 4.69) is 54.3 Å². The molecule has 2 aliphatic heterocycles. The fourth-order valence-electron chi connectivity index (χ4n) is 5.97. The van der Waals surface area contributed by atoms with E-state index in [0.717, 1.165) is 62.1 Å². The van der Waals surface area contributed by atoms with Crippen LogP contribution in [0.3, 0.4) is 0 Å². The summed E-state index contributed by atoms with van der Waals surface area (Å²) in [5, 5.41) is 0.369. The van der Waals surface area contributed by atoms with Gasteiger partial charge in [-0.3, -0.25) is 9.59 Å². The number of aryl methyl sites for hydroxylation is 1. The highest BCUT2D eigenvalue weighted by Crippen LogP contribution is 2.44. The maximum absolute atomic E-state index is 13.4. The molecule has 3 fully saturated rings. The summed E-state index contributed by atoms with van der Waals surface area (Å²) in [7, 11) is 1.92. The number of piperidine rings is 1. The lowest BCUT2D eigenvalue weighted by molar-refractivity contribution is -0.140. The van der Waals surface area contributed by atoms with Crippen molar-refractivity contribution >= 4 is 29.7 Å². The minimum Gasteiger partial charge on any atom is -0.342 e. The Labute approximate surface area is 213 Å². The van der Waals surface area contributed by atoms with Gasteiger partial charge in [0.1, 0.15) is 0 Å². The number of carbonyl (C=O) groups excluding carboxylic acids is 2. The molecular formula is C30H36N2O2S. The van der Waals surface area contributed by atoms with Crippen LogP contribution in [0.4, 0.5) is 0 Å². The van der Waals surface area contributed by atoms with Crippen LogP contribution in [-0.2, 0) is 16.0 Å². The summed E-state index contributed by atoms with van der Waals surface area (Å²) in [6.07, 6.45) is 8.03. The highest BCUT2D eigenvalue weighted by molar-refractivity contribution is 8.04. The summed E-state index contributed by atoms with van der Waals surface area (Å²) < 4.78 is 0. The van der Waals surface area contributed by atoms with Crippen molar-refractivity contribution in [2.24, 2.45) is 11.8 Å². The Kier molecular flexibility index (Phi) is 7.33. The molecule has 3 atom stereocenters. The number of carbonyl (C=O) groups is 2. The third-order valence-corrected chi connectivity index (χ3v) is 9.58. The van der Waals surface area contributed by atoms with E-state index in [0.29, 0.717) is 17.1 Å². The number of amides is 2. The second kappa shape index (κ2) is 10.6. The van der Waals surface area contributed by atoms with Gasteiger partial charge in [-0.15, -0.1) is 11.8 Å². The van der Waals surface area contributed by atoms with E-state index in [9.17, 15) is 9.59 Å². The van der Waals surface area contributed by atoms with Gasteiger partial charge in [0.05, 0.1) is 4.91 Å². The summed E-state index contributed by atoms with van der Waals surface area (Å²) in [5.74, 6) is 1.11. The second-order valence-electron chi connectivity index (χ2n) is 10.5. The number of hydrogen-bond acceptors (Lipinski definition) is 3. The van der Waals surface area contributed by atoms with Gasteiger partial charge in [-0.1, -0.05) is 54.6 Å². The Bertz CT molecular complexity index is 1090. The first-order valence-corrected chi connectivity index (χ1v) is 13.9. The molecule has 4 nitrogen and oxygen atoms in total. The molecule has 0 bridgehead atoms. The van der Waals surface area contributed by atoms with E-state index in [4.69, 9.17) is 0 Å². The van der Waals surface area contributed by atoms with Gasteiger partial charge in [-0.25, -0.2) is 0 Å². The molecule has 3 unspecified atom stereocenters. The summed E-state index contributed by atoms with van der Waals surface area (Å²) >= 11 is 1.73. The predicted octanol–water partition coefficient (Wildman–Crippen LogP) is 5.56. The quantitative estimate of drug-likeness (QED) is 0.529. The zero-order chi connectivity index (χ0) is 24.4. The molecule has 2 heterocycles. The molecule has 2 amide bonds. The van der Waals surface area contributed by atoms with Gasteiger partial charge >= 0.3 is 0 Å². The molecule has 0 radical (unpaired) electrons. The van der Waals surface area contributed by atoms with Crippen molar-refractivity contribution in [3.05, 3.63) is 76.2 Å². The first-order valence-electron chi connectivity index (χ1n) is 13.0. The molecular weight excluding hydrogens is 452 g/mol. The Morgan fingerprint density at radius 1 is 1.00 bits per heavy atom. The molecule has 1 aliphatic carbocycles. The molecule has 1 saturated carbocycles. The fourth-order valence-corrected chi connectivity index (χ4v) is 7.45. The lowest BCUT2D eigenvalue weighted by Crippen LogP contribution is -2.53. The van der Waals surface area contributed by atoms with Crippen LogP contribution in [0.2, 0.25) is 0 Å². The van der Waals surface area contributed by atoms with Gasteiger partial charge in [0, 0.05) is 37.3 Å². The highest BCUT2D eigenvalue weighted by atomic mass is 32.2. The maximum atomic E-state index is 13.4. The molecule has 2 aromatic rings. The van der Waals surface area contributed by atoms with E-state index in [1.54, 1.807) is 11.8 Å². The van der Waals surface area contributed by atoms with E-state index in [1.807, 2.05) is 30.2 Å². The van der Waals surface area contributed by atoms with Crippen molar-refractivity contribution in [1.82, 2.24) is 9.80 Å². The van der Waals surface area contributed by atoms with E-state index in [-0.39, 0.29) is 17.9 Å². The lowest BCUT2D eigenvalue weighted by Gasteiger charge is -2.45. The van der Waals surface area contributed by atoms with E-state index >= 15 is 0 Å². The number of benzene rings is 2. The third-order valence-electron chi connectivity index (χ3n) is 8.18. The van der Waals surface area contributed by atoms with Crippen molar-refractivity contribution in [2.75, 3.05) is 20.1 Å². The first-order chi connectivity index (χ1) is 17.0. The van der Waals surface area contributed by atoms with E-state index in [1.165, 1.54) is 11.1 Å². The SMILES string of the molecule is Cc1ccccc1/C=C1\SC2CCC(C(=O)N3CCC(Cc4ccccc4)CC3)CC2N(C)C1=O. The third kappa shape index (κ3) is 5.35. The molecule has 35 heavy (non-hydrogen) atoms. The second-order valence-corrected chi connectivity index (χ2v) is 11.8. The van der Waals surface area contributed by atoms with Crippen molar-refractivity contribution in [2.45, 2.75) is 56.7 Å². The summed E-state index contributed by atoms with van der Waals surface area (Å²) in [4.78, 5) is 31.5. The molecule has 5 rings (SSSR count). The summed E-state index contributed by atoms with van der Waals surface area (Å²) in [5.41, 5.74) is 3.68. The van der Waals surface area contributed by atoms with Crippen molar-refractivity contribution < 1.29 is 9.59 Å². The Morgan fingerprint density at radius 2 is 1.71 bits per heavy atom. The number of nitrogens with zero attached hydrogens (tertiary/aromatic N) is 2. The monoisotopic (exact) mass is 488 g/mol. The van der Waals surface area contributed by atoms with Crippen LogP contribution < -0.4 is 0 Å². The Morgan fingerprint density at radius 3 is 2.46 bits per heavy atom. The number of likely N-dealkylation sites (tertiary alicyclic amines) is 1. The zero-order valence-corrected chi connectivity index (χ0v) is 21.7. The average Bonchev–Trinajstić information content (AvgIpc) is 2.89. The summed E-state index contributed by atoms with van der Waals surface area (Å²) in [6.45, 7) is 3.82. The van der Waals surface area contributed by atoms with Crippen LogP contribution in [0.1, 0.15) is 48.8 Å². The first kappa shape index (κ1) is 24.2. The largest absolute Gasteiger partial charge is 0.342 e. The Balaban J connectivity index is 1.18. The molecule has 184 valence electrons. The molecule has 5 heteroatoms. The van der Waals surface area contributed by atoms with Gasteiger partial charge in [0.2, 0.25) is 5.91 Å².